The second-order valence-electron chi connectivity index (χ2n) is 4.07. The van der Waals surface area contributed by atoms with E-state index in [0.29, 0.717) is 11.3 Å². The lowest BCUT2D eigenvalue weighted by Gasteiger charge is -2.08. The average molecular weight is 339 g/mol. The quantitative estimate of drug-likeness (QED) is 0.634. The summed E-state index contributed by atoms with van der Waals surface area (Å²) in [6.45, 7) is 0.103. The van der Waals surface area contributed by atoms with Crippen LogP contribution in [0, 0.1) is 10.1 Å². The van der Waals surface area contributed by atoms with Crippen LogP contribution in [-0.4, -0.2) is 16.6 Å². The van der Waals surface area contributed by atoms with E-state index in [0.717, 1.165) is 4.47 Å². The zero-order valence-electron chi connectivity index (χ0n) is 10.6. The molecule has 0 radical (unpaired) electrons. The first-order chi connectivity index (χ1) is 9.51. The lowest BCUT2D eigenvalue weighted by molar-refractivity contribution is -0.385. The molecule has 7 heteroatoms. The number of rotatable bonds is 4. The number of nitro benzene ring substituents is 1. The Kier molecular flexibility index (Phi) is 4.19. The van der Waals surface area contributed by atoms with Gasteiger partial charge in [-0.3, -0.25) is 14.9 Å². The summed E-state index contributed by atoms with van der Waals surface area (Å²) in [6, 6.07) is 7.48. The number of nitro groups is 1. The Balaban J connectivity index is 2.48. The fraction of sp³-hybridized carbons (Fsp3) is 0.154. The maximum Gasteiger partial charge on any atom is 0.274 e. The van der Waals surface area contributed by atoms with Crippen molar-refractivity contribution in [3.63, 3.8) is 0 Å². The number of pyridine rings is 1. The van der Waals surface area contributed by atoms with Crippen LogP contribution in [-0.2, 0) is 6.54 Å². The molecule has 2 rings (SSSR count). The van der Waals surface area contributed by atoms with Gasteiger partial charge in [0, 0.05) is 22.8 Å². The van der Waals surface area contributed by atoms with E-state index in [-0.39, 0.29) is 17.8 Å². The summed E-state index contributed by atoms with van der Waals surface area (Å²) >= 11 is 3.27. The zero-order valence-corrected chi connectivity index (χ0v) is 12.2. The van der Waals surface area contributed by atoms with Crippen LogP contribution in [0.5, 0.6) is 5.75 Å². The normalized spacial score (nSPS) is 10.3. The third kappa shape index (κ3) is 3.05. The average Bonchev–Trinajstić information content (AvgIpc) is 2.42. The number of hydrogen-bond donors (Lipinski definition) is 0. The van der Waals surface area contributed by atoms with Gasteiger partial charge in [0.15, 0.2) is 0 Å². The highest BCUT2D eigenvalue weighted by Gasteiger charge is 2.15. The van der Waals surface area contributed by atoms with Crippen LogP contribution < -0.4 is 10.3 Å². The molecule has 1 aromatic carbocycles. The highest BCUT2D eigenvalue weighted by Crippen LogP contribution is 2.24. The Morgan fingerprint density at radius 2 is 2.10 bits per heavy atom. The van der Waals surface area contributed by atoms with Crippen LogP contribution in [0.3, 0.4) is 0 Å². The number of aromatic nitrogens is 1. The third-order valence-electron chi connectivity index (χ3n) is 2.77. The largest absolute Gasteiger partial charge is 0.497 e. The van der Waals surface area contributed by atoms with Crippen molar-refractivity contribution in [2.24, 2.45) is 0 Å². The lowest BCUT2D eigenvalue weighted by Crippen LogP contribution is -2.19. The van der Waals surface area contributed by atoms with Crippen LogP contribution in [0.1, 0.15) is 5.56 Å². The van der Waals surface area contributed by atoms with Crippen molar-refractivity contribution in [1.82, 2.24) is 4.57 Å². The number of halogens is 1. The van der Waals surface area contributed by atoms with Crippen LogP contribution in [0.4, 0.5) is 5.69 Å². The Labute approximate surface area is 122 Å². The molecule has 2 aromatic rings. The maximum absolute atomic E-state index is 11.8. The number of ether oxygens (including phenoxy) is 1. The maximum atomic E-state index is 11.8. The van der Waals surface area contributed by atoms with Crippen LogP contribution in [0.2, 0.25) is 0 Å². The van der Waals surface area contributed by atoms with Gasteiger partial charge >= 0.3 is 0 Å². The molecule has 104 valence electrons. The lowest BCUT2D eigenvalue weighted by atomic mass is 10.1. The van der Waals surface area contributed by atoms with E-state index >= 15 is 0 Å². The summed E-state index contributed by atoms with van der Waals surface area (Å²) in [5.74, 6) is 0.508. The molecular formula is C13H11BrN2O4. The summed E-state index contributed by atoms with van der Waals surface area (Å²) in [7, 11) is 1.48. The SMILES string of the molecule is COc1ccc([N+](=O)[O-])c(Cn2cc(Br)ccc2=O)c1. The zero-order chi connectivity index (χ0) is 14.7. The van der Waals surface area contributed by atoms with Crippen molar-refractivity contribution in [2.45, 2.75) is 6.54 Å². The molecule has 0 unspecified atom stereocenters. The Bertz CT molecular complexity index is 712. The smallest absolute Gasteiger partial charge is 0.274 e. The Hall–Kier alpha value is -2.15. The topological polar surface area (TPSA) is 74.4 Å². The number of hydrogen-bond acceptors (Lipinski definition) is 4. The molecule has 0 atom stereocenters. The van der Waals surface area contributed by atoms with Gasteiger partial charge < -0.3 is 9.30 Å². The van der Waals surface area contributed by atoms with E-state index < -0.39 is 4.92 Å². The van der Waals surface area contributed by atoms with Gasteiger partial charge in [-0.1, -0.05) is 0 Å². The van der Waals surface area contributed by atoms with Crippen LogP contribution in [0.15, 0.2) is 45.8 Å². The van der Waals surface area contributed by atoms with E-state index in [4.69, 9.17) is 4.74 Å². The van der Waals surface area contributed by atoms with E-state index in [2.05, 4.69) is 15.9 Å². The number of methoxy groups -OCH3 is 1. The first kappa shape index (κ1) is 14.3. The van der Waals surface area contributed by atoms with Gasteiger partial charge in [-0.05, 0) is 34.1 Å². The Morgan fingerprint density at radius 3 is 2.75 bits per heavy atom. The van der Waals surface area contributed by atoms with Crippen molar-refractivity contribution in [2.75, 3.05) is 7.11 Å². The molecule has 0 spiro atoms. The molecule has 0 saturated carbocycles. The molecule has 6 nitrogen and oxygen atoms in total. The van der Waals surface area contributed by atoms with Crippen LogP contribution >= 0.6 is 15.9 Å². The minimum atomic E-state index is -0.474. The van der Waals surface area contributed by atoms with Gasteiger partial charge in [0.2, 0.25) is 0 Å². The molecule has 1 heterocycles. The summed E-state index contributed by atoms with van der Waals surface area (Å²) < 4.78 is 7.18. The van der Waals surface area contributed by atoms with Gasteiger partial charge in [0.05, 0.1) is 24.1 Å². The molecular weight excluding hydrogens is 328 g/mol. The van der Waals surface area contributed by atoms with E-state index in [1.54, 1.807) is 18.3 Å². The molecule has 0 N–H and O–H groups in total. The van der Waals surface area contributed by atoms with Crippen molar-refractivity contribution < 1.29 is 9.66 Å². The fourth-order valence-corrected chi connectivity index (χ4v) is 2.18. The standard InChI is InChI=1S/C13H11BrN2O4/c1-20-11-3-4-12(16(18)19)9(6-11)7-15-8-10(14)2-5-13(15)17/h2-6,8H,7H2,1H3. The first-order valence-electron chi connectivity index (χ1n) is 5.68. The summed E-state index contributed by atoms with van der Waals surface area (Å²) in [5, 5.41) is 11.0. The monoisotopic (exact) mass is 338 g/mol. The van der Waals surface area contributed by atoms with E-state index in [1.807, 2.05) is 0 Å². The van der Waals surface area contributed by atoms with Crippen molar-refractivity contribution in [3.05, 3.63) is 67.0 Å². The molecule has 0 amide bonds. The van der Waals surface area contributed by atoms with Gasteiger partial charge in [-0.2, -0.15) is 0 Å². The molecule has 1 aromatic heterocycles. The second kappa shape index (κ2) is 5.87. The molecule has 0 aliphatic heterocycles. The summed E-state index contributed by atoms with van der Waals surface area (Å²) in [4.78, 5) is 22.3. The Morgan fingerprint density at radius 1 is 1.35 bits per heavy atom. The molecule has 0 bridgehead atoms. The minimum absolute atomic E-state index is 0.0438. The van der Waals surface area contributed by atoms with Gasteiger partial charge in [0.1, 0.15) is 5.75 Å². The number of benzene rings is 1. The van der Waals surface area contributed by atoms with Gasteiger partial charge in [-0.15, -0.1) is 0 Å². The molecule has 0 fully saturated rings. The second-order valence-corrected chi connectivity index (χ2v) is 4.98. The predicted octanol–water partition coefficient (Wildman–Crippen LogP) is 2.58. The van der Waals surface area contributed by atoms with Crippen molar-refractivity contribution in [1.29, 1.82) is 0 Å². The highest BCUT2D eigenvalue weighted by atomic mass is 79.9. The van der Waals surface area contributed by atoms with Gasteiger partial charge in [-0.25, -0.2) is 0 Å². The molecule has 20 heavy (non-hydrogen) atoms. The number of nitrogens with zero attached hydrogens (tertiary/aromatic N) is 2. The summed E-state index contributed by atoms with van der Waals surface area (Å²) in [5.41, 5.74) is 0.137. The fourth-order valence-electron chi connectivity index (χ4n) is 1.80. The molecule has 0 aliphatic carbocycles. The third-order valence-corrected chi connectivity index (χ3v) is 3.24. The van der Waals surface area contributed by atoms with E-state index in [1.165, 1.54) is 29.9 Å². The van der Waals surface area contributed by atoms with Crippen molar-refractivity contribution >= 4 is 21.6 Å². The first-order valence-corrected chi connectivity index (χ1v) is 6.48. The highest BCUT2D eigenvalue weighted by molar-refractivity contribution is 9.10. The summed E-state index contributed by atoms with van der Waals surface area (Å²) in [6.07, 6.45) is 1.59. The molecule has 0 saturated heterocycles. The predicted molar refractivity (Wildman–Crippen MR) is 77.2 cm³/mol. The van der Waals surface area contributed by atoms with Crippen LogP contribution in [0.25, 0.3) is 0 Å². The van der Waals surface area contributed by atoms with Gasteiger partial charge in [0.25, 0.3) is 11.2 Å². The van der Waals surface area contributed by atoms with E-state index in [9.17, 15) is 14.9 Å². The minimum Gasteiger partial charge on any atom is -0.497 e. The molecule has 0 aliphatic rings. The van der Waals surface area contributed by atoms with Crippen molar-refractivity contribution in [3.8, 4) is 5.75 Å².